The van der Waals surface area contributed by atoms with E-state index in [1.165, 1.54) is 6.92 Å². The molecular weight excluding hydrogens is 146 g/mol. The van der Waals surface area contributed by atoms with E-state index in [-0.39, 0.29) is 12.2 Å². The summed E-state index contributed by atoms with van der Waals surface area (Å²) >= 11 is 0. The van der Waals surface area contributed by atoms with E-state index in [4.69, 9.17) is 4.84 Å². The van der Waals surface area contributed by atoms with Crippen molar-refractivity contribution in [3.63, 3.8) is 0 Å². The van der Waals surface area contributed by atoms with Crippen molar-refractivity contribution in [3.05, 3.63) is 0 Å². The summed E-state index contributed by atoms with van der Waals surface area (Å²) in [4.78, 5) is 26.0. The monoisotopic (exact) mass is 157 g/mol. The highest BCUT2D eigenvalue weighted by Gasteiger charge is 2.18. The predicted octanol–water partition coefficient (Wildman–Crippen LogP) is 0.129. The maximum atomic E-state index is 10.8. The molecule has 0 saturated carbocycles. The zero-order valence-electron chi connectivity index (χ0n) is 6.50. The highest BCUT2D eigenvalue weighted by Crippen LogP contribution is 2.06. The Kier molecular flexibility index (Phi) is 2.59. The summed E-state index contributed by atoms with van der Waals surface area (Å²) < 4.78 is 0. The van der Waals surface area contributed by atoms with Crippen LogP contribution >= 0.6 is 0 Å². The van der Waals surface area contributed by atoms with Gasteiger partial charge in [0, 0.05) is 13.1 Å². The van der Waals surface area contributed by atoms with Crippen LogP contribution in [0.15, 0.2) is 0 Å². The van der Waals surface area contributed by atoms with Crippen LogP contribution in [0.3, 0.4) is 0 Å². The number of Topliss-reactive ketones (excluding diaryl/α,β-unsaturated/α-hetero) is 1. The average Bonchev–Trinajstić information content (AvgIpc) is 1.77. The minimum absolute atomic E-state index is 0.115. The fourth-order valence-corrected chi connectivity index (χ4v) is 0.758. The Morgan fingerprint density at radius 3 is 2.45 bits per heavy atom. The molecule has 1 fully saturated rings. The topological polar surface area (TPSA) is 46.6 Å². The van der Waals surface area contributed by atoms with Gasteiger partial charge in [0.1, 0.15) is 12.2 Å². The van der Waals surface area contributed by atoms with Gasteiger partial charge >= 0.3 is 5.97 Å². The van der Waals surface area contributed by atoms with Gasteiger partial charge in [0.15, 0.2) is 0 Å². The Bertz CT molecular complexity index is 175. The van der Waals surface area contributed by atoms with Crippen LogP contribution in [0.2, 0.25) is 0 Å². The lowest BCUT2D eigenvalue weighted by Gasteiger charge is -2.28. The summed E-state index contributed by atoms with van der Waals surface area (Å²) in [6.07, 6.45) is 0.948. The van der Waals surface area contributed by atoms with Crippen molar-refractivity contribution in [3.8, 4) is 0 Å². The van der Waals surface area contributed by atoms with Gasteiger partial charge in [-0.3, -0.25) is 4.79 Å². The lowest BCUT2D eigenvalue weighted by Crippen LogP contribution is -2.39. The Morgan fingerprint density at radius 1 is 1.45 bits per heavy atom. The van der Waals surface area contributed by atoms with Crippen LogP contribution in [0.5, 0.6) is 0 Å². The zero-order chi connectivity index (χ0) is 8.27. The third kappa shape index (κ3) is 2.67. The highest BCUT2D eigenvalue weighted by molar-refractivity contribution is 5.93. The van der Waals surface area contributed by atoms with E-state index in [9.17, 15) is 9.59 Å². The molecule has 0 unspecified atom stereocenters. The lowest BCUT2D eigenvalue weighted by atomic mass is 10.3. The lowest BCUT2D eigenvalue weighted by molar-refractivity contribution is -0.207. The Morgan fingerprint density at radius 2 is 2.09 bits per heavy atom. The minimum Gasteiger partial charge on any atom is -0.367 e. The number of carbonyl (C=O) groups is 2. The van der Waals surface area contributed by atoms with Gasteiger partial charge in [0.2, 0.25) is 0 Å². The van der Waals surface area contributed by atoms with E-state index in [0.29, 0.717) is 0 Å². The number of carbonyl (C=O) groups excluding carboxylic acids is 2. The predicted molar refractivity (Wildman–Crippen MR) is 37.6 cm³/mol. The van der Waals surface area contributed by atoms with Crippen LogP contribution in [-0.4, -0.2) is 29.9 Å². The first kappa shape index (κ1) is 8.20. The molecular formula is C7H11NO3. The van der Waals surface area contributed by atoms with Crippen LogP contribution in [0.4, 0.5) is 0 Å². The second kappa shape index (κ2) is 3.48. The molecule has 0 bridgehead atoms. The maximum Gasteiger partial charge on any atom is 0.332 e. The smallest absolute Gasteiger partial charge is 0.332 e. The van der Waals surface area contributed by atoms with E-state index in [1.54, 1.807) is 5.06 Å². The van der Waals surface area contributed by atoms with Crippen molar-refractivity contribution in [1.82, 2.24) is 5.06 Å². The van der Waals surface area contributed by atoms with Crippen LogP contribution < -0.4 is 0 Å². The van der Waals surface area contributed by atoms with E-state index in [1.807, 2.05) is 0 Å². The van der Waals surface area contributed by atoms with Gasteiger partial charge < -0.3 is 4.84 Å². The number of ketones is 1. The van der Waals surface area contributed by atoms with E-state index in [0.717, 1.165) is 19.5 Å². The number of hydrogen-bond acceptors (Lipinski definition) is 4. The van der Waals surface area contributed by atoms with Gasteiger partial charge in [-0.25, -0.2) is 4.79 Å². The zero-order valence-corrected chi connectivity index (χ0v) is 6.50. The third-order valence-electron chi connectivity index (χ3n) is 1.44. The molecule has 4 heteroatoms. The van der Waals surface area contributed by atoms with Gasteiger partial charge in [-0.1, -0.05) is 0 Å². The molecule has 1 heterocycles. The first-order valence-corrected chi connectivity index (χ1v) is 3.63. The van der Waals surface area contributed by atoms with Gasteiger partial charge in [0.25, 0.3) is 0 Å². The standard InChI is InChI=1S/C7H11NO3/c1-6(9)5-7(10)11-8-3-2-4-8/h2-5H2,1H3. The molecule has 4 nitrogen and oxygen atoms in total. The maximum absolute atomic E-state index is 10.8. The summed E-state index contributed by atoms with van der Waals surface area (Å²) in [6, 6.07) is 0. The van der Waals surface area contributed by atoms with Crippen molar-refractivity contribution in [1.29, 1.82) is 0 Å². The second-order valence-corrected chi connectivity index (χ2v) is 2.62. The van der Waals surface area contributed by atoms with Crippen molar-refractivity contribution >= 4 is 11.8 Å². The third-order valence-corrected chi connectivity index (χ3v) is 1.44. The molecule has 0 aliphatic carbocycles. The van der Waals surface area contributed by atoms with Crippen molar-refractivity contribution < 1.29 is 14.4 Å². The molecule has 1 rings (SSSR count). The average molecular weight is 157 g/mol. The molecule has 1 aliphatic heterocycles. The van der Waals surface area contributed by atoms with Crippen LogP contribution in [0, 0.1) is 0 Å². The molecule has 1 saturated heterocycles. The number of hydrogen-bond donors (Lipinski definition) is 0. The Hall–Kier alpha value is -0.900. The first-order chi connectivity index (χ1) is 5.18. The van der Waals surface area contributed by atoms with Crippen LogP contribution in [0.1, 0.15) is 19.8 Å². The molecule has 11 heavy (non-hydrogen) atoms. The van der Waals surface area contributed by atoms with Crippen LogP contribution in [-0.2, 0) is 14.4 Å². The summed E-state index contributed by atoms with van der Waals surface area (Å²) in [6.45, 7) is 2.96. The van der Waals surface area contributed by atoms with E-state index < -0.39 is 5.97 Å². The highest BCUT2D eigenvalue weighted by atomic mass is 16.7. The van der Waals surface area contributed by atoms with Crippen molar-refractivity contribution in [2.75, 3.05) is 13.1 Å². The van der Waals surface area contributed by atoms with Gasteiger partial charge in [-0.15, -0.1) is 5.06 Å². The quantitative estimate of drug-likeness (QED) is 0.546. The Labute approximate surface area is 65.1 Å². The normalized spacial score (nSPS) is 17.2. The number of rotatable bonds is 3. The molecule has 62 valence electrons. The Balaban J connectivity index is 2.14. The van der Waals surface area contributed by atoms with Gasteiger partial charge in [0.05, 0.1) is 0 Å². The molecule has 0 amide bonds. The number of nitrogens with zero attached hydrogens (tertiary/aromatic N) is 1. The second-order valence-electron chi connectivity index (χ2n) is 2.62. The SMILES string of the molecule is CC(=O)CC(=O)ON1CCC1. The summed E-state index contributed by atoms with van der Waals surface area (Å²) in [7, 11) is 0. The number of hydroxylamine groups is 2. The summed E-state index contributed by atoms with van der Waals surface area (Å²) in [5.74, 6) is -0.604. The molecule has 0 radical (unpaired) electrons. The van der Waals surface area contributed by atoms with Gasteiger partial charge in [-0.2, -0.15) is 0 Å². The summed E-state index contributed by atoms with van der Waals surface area (Å²) in [5.41, 5.74) is 0. The van der Waals surface area contributed by atoms with Gasteiger partial charge in [-0.05, 0) is 13.3 Å². The summed E-state index contributed by atoms with van der Waals surface area (Å²) in [5, 5.41) is 1.56. The molecule has 0 N–H and O–H groups in total. The minimum atomic E-state index is -0.447. The molecule has 0 spiro atoms. The molecule has 0 aromatic carbocycles. The molecule has 0 aromatic heterocycles. The largest absolute Gasteiger partial charge is 0.367 e. The molecule has 0 atom stereocenters. The fourth-order valence-electron chi connectivity index (χ4n) is 0.758. The molecule has 0 aromatic rings. The van der Waals surface area contributed by atoms with E-state index in [2.05, 4.69) is 0 Å². The van der Waals surface area contributed by atoms with E-state index >= 15 is 0 Å². The molecule has 1 aliphatic rings. The van der Waals surface area contributed by atoms with Crippen LogP contribution in [0.25, 0.3) is 0 Å². The fraction of sp³-hybridized carbons (Fsp3) is 0.714. The first-order valence-electron chi connectivity index (χ1n) is 3.63. The van der Waals surface area contributed by atoms with Crippen molar-refractivity contribution in [2.24, 2.45) is 0 Å². The van der Waals surface area contributed by atoms with Crippen molar-refractivity contribution in [2.45, 2.75) is 19.8 Å².